The highest BCUT2D eigenvalue weighted by Gasteiger charge is 2.18. The Hall–Kier alpha value is -0.600. The molecular formula is C5H13NO14. The van der Waals surface area contributed by atoms with Crippen LogP contribution in [0.2, 0.25) is 0 Å². The highest BCUT2D eigenvalue weighted by molar-refractivity contribution is 4.75. The van der Waals surface area contributed by atoms with Gasteiger partial charge in [-0.3, -0.25) is 0 Å². The summed E-state index contributed by atoms with van der Waals surface area (Å²) >= 11 is 0. The molecule has 0 heterocycles. The zero-order chi connectivity index (χ0) is 15.1. The van der Waals surface area contributed by atoms with Crippen molar-refractivity contribution in [2.75, 3.05) is 20.3 Å². The van der Waals surface area contributed by atoms with Crippen LogP contribution in [-0.2, 0) is 65.2 Å². The fraction of sp³-hybridized carbons (Fsp3) is 1.00. The average molecular weight is 311 g/mol. The van der Waals surface area contributed by atoms with Crippen molar-refractivity contribution in [3.05, 3.63) is 0 Å². The van der Waals surface area contributed by atoms with E-state index >= 15 is 0 Å². The monoisotopic (exact) mass is 311 g/mol. The molecule has 0 aromatic heterocycles. The van der Waals surface area contributed by atoms with E-state index in [-0.39, 0.29) is 13.2 Å². The fourth-order valence-corrected chi connectivity index (χ4v) is 0.354. The average Bonchev–Trinajstić information content (AvgIpc) is 2.44. The van der Waals surface area contributed by atoms with Crippen LogP contribution in [0.3, 0.4) is 0 Å². The number of rotatable bonds is 15. The van der Waals surface area contributed by atoms with Crippen LogP contribution in [-0.4, -0.2) is 31.0 Å². The van der Waals surface area contributed by atoms with Crippen LogP contribution in [0.5, 0.6) is 0 Å². The summed E-state index contributed by atoms with van der Waals surface area (Å²) in [5, 5.41) is 49.0. The Morgan fingerprint density at radius 2 is 1.20 bits per heavy atom. The van der Waals surface area contributed by atoms with E-state index in [1.54, 1.807) is 0 Å². The first-order valence-corrected chi connectivity index (χ1v) is 4.51. The third-order valence-electron chi connectivity index (χ3n) is 1.14. The minimum Gasteiger partial charge on any atom is -0.394 e. The summed E-state index contributed by atoms with van der Waals surface area (Å²) < 4.78 is 0. The highest BCUT2D eigenvalue weighted by Crippen LogP contribution is 1.99. The molecule has 122 valence electrons. The van der Waals surface area contributed by atoms with Crippen LogP contribution in [0.4, 0.5) is 0 Å². The van der Waals surface area contributed by atoms with Gasteiger partial charge in [-0.2, -0.15) is 0 Å². The van der Waals surface area contributed by atoms with E-state index in [9.17, 15) is 0 Å². The van der Waals surface area contributed by atoms with Gasteiger partial charge >= 0.3 is 0 Å². The molecule has 1 atom stereocenters. The van der Waals surface area contributed by atoms with Gasteiger partial charge in [0.05, 0.1) is 19.3 Å². The molecule has 3 N–H and O–H groups in total. The van der Waals surface area contributed by atoms with Gasteiger partial charge in [0.2, 0.25) is 0 Å². The summed E-state index contributed by atoms with van der Waals surface area (Å²) in [6, 6.07) is 0. The Kier molecular flexibility index (Phi) is 13.0. The van der Waals surface area contributed by atoms with E-state index in [2.05, 4.69) is 65.2 Å². The molecule has 0 rings (SSSR count). The lowest BCUT2D eigenvalue weighted by molar-refractivity contribution is -0.869. The van der Waals surface area contributed by atoms with Gasteiger partial charge in [-0.15, -0.1) is 0 Å². The van der Waals surface area contributed by atoms with E-state index < -0.39 is 5.54 Å². The number of nitrogens with two attached hydrogens (primary N) is 1. The third-order valence-corrected chi connectivity index (χ3v) is 1.14. The summed E-state index contributed by atoms with van der Waals surface area (Å²) in [6.45, 7) is 0.941. The van der Waals surface area contributed by atoms with Crippen LogP contribution >= 0.6 is 0 Å². The minimum absolute atomic E-state index is 0.206. The quantitative estimate of drug-likeness (QED) is 0.204. The molecule has 0 bridgehead atoms. The summed E-state index contributed by atoms with van der Waals surface area (Å²) in [4.78, 5) is 8.24. The summed E-state index contributed by atoms with van der Waals surface area (Å²) in [7, 11) is 1.12. The number of aliphatic hydroxyl groups is 1. The molecule has 0 saturated heterocycles. The lowest BCUT2D eigenvalue weighted by atomic mass is 10.1. The van der Waals surface area contributed by atoms with Crippen LogP contribution in [0.25, 0.3) is 0 Å². The van der Waals surface area contributed by atoms with E-state index in [1.807, 2.05) is 0 Å². The van der Waals surface area contributed by atoms with Gasteiger partial charge in [0.1, 0.15) is 6.61 Å². The van der Waals surface area contributed by atoms with Gasteiger partial charge in [0.15, 0.2) is 0 Å². The predicted molar refractivity (Wildman–Crippen MR) is 44.6 cm³/mol. The first-order valence-electron chi connectivity index (χ1n) is 4.51. The zero-order valence-corrected chi connectivity index (χ0v) is 10.2. The molecule has 0 saturated carbocycles. The molecule has 0 radical (unpaired) electrons. The Balaban J connectivity index is 3.06. The molecule has 15 nitrogen and oxygen atoms in total. The minimum atomic E-state index is -1.02. The maximum atomic E-state index is 8.73. The molecule has 0 aromatic rings. The van der Waals surface area contributed by atoms with Crippen LogP contribution in [0.15, 0.2) is 0 Å². The molecule has 0 aliphatic heterocycles. The van der Waals surface area contributed by atoms with Crippen molar-refractivity contribution in [2.24, 2.45) is 5.73 Å². The standard InChI is InChI=1S/C5H13NO14/c1-5(6,3-7)4-9-11-13-15-17-19-20-18-16-14-12-10-8-2/h7H,3-4,6H2,1-2H3. The van der Waals surface area contributed by atoms with Crippen molar-refractivity contribution < 1.29 is 70.3 Å². The second kappa shape index (κ2) is 13.4. The molecule has 0 aliphatic rings. The first kappa shape index (κ1) is 19.4. The Labute approximate surface area is 110 Å². The Bertz CT molecular complexity index is 202. The van der Waals surface area contributed by atoms with Crippen molar-refractivity contribution in [3.8, 4) is 0 Å². The van der Waals surface area contributed by atoms with Crippen LogP contribution < -0.4 is 5.73 Å². The largest absolute Gasteiger partial charge is 0.394 e. The lowest BCUT2D eigenvalue weighted by Gasteiger charge is -2.18. The molecule has 0 fully saturated rings. The van der Waals surface area contributed by atoms with E-state index in [4.69, 9.17) is 10.8 Å². The number of hydrogen-bond donors (Lipinski definition) is 2. The molecule has 0 spiro atoms. The van der Waals surface area contributed by atoms with Gasteiger partial charge in [-0.25, -0.2) is 9.78 Å². The number of aliphatic hydroxyl groups excluding tert-OH is 1. The molecular weight excluding hydrogens is 298 g/mol. The van der Waals surface area contributed by atoms with Gasteiger partial charge in [-0.05, 0) is 62.3 Å². The van der Waals surface area contributed by atoms with Crippen LogP contribution in [0, 0.1) is 0 Å². The van der Waals surface area contributed by atoms with Gasteiger partial charge in [0.25, 0.3) is 0 Å². The summed E-state index contributed by atoms with van der Waals surface area (Å²) in [6.07, 6.45) is 0. The maximum Gasteiger partial charge on any atom is 0.105 e. The maximum absolute atomic E-state index is 8.73. The Morgan fingerprint density at radius 1 is 0.800 bits per heavy atom. The van der Waals surface area contributed by atoms with Crippen LogP contribution in [0.1, 0.15) is 6.92 Å². The summed E-state index contributed by atoms with van der Waals surface area (Å²) in [5.74, 6) is 0. The third kappa shape index (κ3) is 13.8. The number of hydrogen-bond acceptors (Lipinski definition) is 15. The molecule has 0 aromatic carbocycles. The topological polar surface area (TPSA) is 166 Å². The smallest absolute Gasteiger partial charge is 0.105 e. The van der Waals surface area contributed by atoms with E-state index in [0.29, 0.717) is 0 Å². The van der Waals surface area contributed by atoms with Crippen molar-refractivity contribution in [1.29, 1.82) is 0 Å². The van der Waals surface area contributed by atoms with Crippen molar-refractivity contribution in [1.82, 2.24) is 0 Å². The fourth-order valence-electron chi connectivity index (χ4n) is 0.354. The van der Waals surface area contributed by atoms with E-state index in [0.717, 1.165) is 7.11 Å². The van der Waals surface area contributed by atoms with Gasteiger partial charge in [0, 0.05) is 0 Å². The lowest BCUT2D eigenvalue weighted by Crippen LogP contribution is -2.44. The molecule has 0 aliphatic carbocycles. The second-order valence-corrected chi connectivity index (χ2v) is 2.99. The van der Waals surface area contributed by atoms with Crippen molar-refractivity contribution in [3.63, 3.8) is 0 Å². The summed E-state index contributed by atoms with van der Waals surface area (Å²) in [5.41, 5.74) is 4.43. The molecule has 0 amide bonds. The Morgan fingerprint density at radius 3 is 1.60 bits per heavy atom. The van der Waals surface area contributed by atoms with E-state index in [1.165, 1.54) is 6.92 Å². The second-order valence-electron chi connectivity index (χ2n) is 2.99. The van der Waals surface area contributed by atoms with Crippen molar-refractivity contribution in [2.45, 2.75) is 12.5 Å². The molecule has 1 unspecified atom stereocenters. The van der Waals surface area contributed by atoms with Gasteiger partial charge < -0.3 is 10.8 Å². The first-order chi connectivity index (χ1) is 9.62. The highest BCUT2D eigenvalue weighted by atomic mass is 18.0. The molecule has 15 heteroatoms. The normalized spacial score (nSPS) is 14.4. The zero-order valence-electron chi connectivity index (χ0n) is 10.2. The van der Waals surface area contributed by atoms with Crippen molar-refractivity contribution >= 4 is 0 Å². The molecule has 20 heavy (non-hydrogen) atoms. The SMILES string of the molecule is COOOOOOOOOOOOOCC(C)(N)CO. The van der Waals surface area contributed by atoms with Gasteiger partial charge in [-0.1, -0.05) is 0 Å². The predicted octanol–water partition coefficient (Wildman–Crippen LogP) is -1.48.